The molecule has 0 aliphatic carbocycles. The number of nitrogens with two attached hydrogens (primary N) is 1. The van der Waals surface area contributed by atoms with Crippen LogP contribution in [0.4, 0.5) is 0 Å². The summed E-state index contributed by atoms with van der Waals surface area (Å²) in [6, 6.07) is 3.50. The lowest BCUT2D eigenvalue weighted by Crippen LogP contribution is -2.41. The molecule has 0 atom stereocenters. The zero-order valence-electron chi connectivity index (χ0n) is 14.0. The topological polar surface area (TPSA) is 94.7 Å². The third-order valence-corrected chi connectivity index (χ3v) is 4.32. The molecule has 1 fully saturated rings. The summed E-state index contributed by atoms with van der Waals surface area (Å²) in [5, 5.41) is 8.76. The minimum Gasteiger partial charge on any atom is -0.481 e. The largest absolute Gasteiger partial charge is 0.491 e. The average molecular weight is 318 g/mol. The van der Waals surface area contributed by atoms with Crippen molar-refractivity contribution in [2.45, 2.75) is 45.3 Å². The first kappa shape index (κ1) is 17.7. The van der Waals surface area contributed by atoms with Crippen molar-refractivity contribution in [3.63, 3.8) is 0 Å². The molecule has 1 aromatic heterocycles. The molecular formula is C16H23BN2O4. The molecule has 0 saturated carbocycles. The molecule has 1 saturated heterocycles. The van der Waals surface area contributed by atoms with Gasteiger partial charge < -0.3 is 20.1 Å². The van der Waals surface area contributed by atoms with Crippen molar-refractivity contribution < 1.29 is 19.2 Å². The third kappa shape index (κ3) is 3.99. The van der Waals surface area contributed by atoms with Crippen LogP contribution in [0.3, 0.4) is 0 Å². The van der Waals surface area contributed by atoms with E-state index in [0.29, 0.717) is 12.2 Å². The minimum absolute atomic E-state index is 0.0923. The lowest BCUT2D eigenvalue weighted by molar-refractivity contribution is -0.136. The highest BCUT2D eigenvalue weighted by atomic mass is 16.7. The van der Waals surface area contributed by atoms with Crippen LogP contribution in [-0.2, 0) is 20.5 Å². The first-order chi connectivity index (χ1) is 10.6. The lowest BCUT2D eigenvalue weighted by Gasteiger charge is -2.32. The number of carboxylic acids is 1. The van der Waals surface area contributed by atoms with Crippen molar-refractivity contribution in [3.8, 4) is 0 Å². The van der Waals surface area contributed by atoms with Gasteiger partial charge in [-0.25, -0.2) is 0 Å². The number of carbonyl (C=O) groups is 1. The van der Waals surface area contributed by atoms with Gasteiger partial charge in [0.05, 0.1) is 23.3 Å². The van der Waals surface area contributed by atoms with Gasteiger partial charge in [0.1, 0.15) is 0 Å². The molecular weight excluding hydrogens is 295 g/mol. The smallest absolute Gasteiger partial charge is 0.481 e. The van der Waals surface area contributed by atoms with Crippen LogP contribution in [0, 0.1) is 0 Å². The standard InChI is InChI=1S/C16H23BN2O4/c1-15(2)16(3,4)23-17(22-15)12(9-18)7-11-5-6-13(19-10-11)8-14(20)21/h5-7,10H,8-9,18H2,1-4H3,(H,20,21). The van der Waals surface area contributed by atoms with Crippen molar-refractivity contribution in [3.05, 3.63) is 35.1 Å². The highest BCUT2D eigenvalue weighted by Gasteiger charge is 2.52. The Bertz CT molecular complexity index is 595. The fraction of sp³-hybridized carbons (Fsp3) is 0.500. The normalized spacial score (nSPS) is 19.9. The van der Waals surface area contributed by atoms with Crippen molar-refractivity contribution in [1.29, 1.82) is 0 Å². The molecule has 7 heteroatoms. The fourth-order valence-electron chi connectivity index (χ4n) is 2.21. The van der Waals surface area contributed by atoms with Crippen molar-refractivity contribution in [2.24, 2.45) is 5.73 Å². The van der Waals surface area contributed by atoms with Gasteiger partial charge in [-0.05, 0) is 44.8 Å². The summed E-state index contributed by atoms with van der Waals surface area (Å²) in [6.45, 7) is 8.26. The second-order valence-electron chi connectivity index (χ2n) is 6.67. The summed E-state index contributed by atoms with van der Waals surface area (Å²) in [5.41, 5.74) is 7.16. The maximum absolute atomic E-state index is 10.7. The van der Waals surface area contributed by atoms with E-state index in [4.69, 9.17) is 20.1 Å². The van der Waals surface area contributed by atoms with E-state index in [1.165, 1.54) is 0 Å². The van der Waals surface area contributed by atoms with Crippen LogP contribution < -0.4 is 5.73 Å². The number of aliphatic carboxylic acids is 1. The molecule has 0 spiro atoms. The first-order valence-corrected chi connectivity index (χ1v) is 7.57. The molecule has 2 heterocycles. The van der Waals surface area contributed by atoms with E-state index in [1.54, 1.807) is 12.3 Å². The highest BCUT2D eigenvalue weighted by Crippen LogP contribution is 2.38. The number of rotatable bonds is 5. The maximum atomic E-state index is 10.7. The Balaban J connectivity index is 2.18. The van der Waals surface area contributed by atoms with E-state index in [1.807, 2.05) is 39.8 Å². The molecule has 0 aromatic carbocycles. The van der Waals surface area contributed by atoms with E-state index < -0.39 is 24.3 Å². The van der Waals surface area contributed by atoms with Gasteiger partial charge in [-0.1, -0.05) is 12.1 Å². The summed E-state index contributed by atoms with van der Waals surface area (Å²) in [7, 11) is -0.497. The quantitative estimate of drug-likeness (QED) is 0.802. The Morgan fingerprint density at radius 1 is 1.30 bits per heavy atom. The first-order valence-electron chi connectivity index (χ1n) is 7.57. The molecule has 124 valence electrons. The number of carboxylic acid groups (broad SMARTS) is 1. The summed E-state index contributed by atoms with van der Waals surface area (Å²) >= 11 is 0. The second kappa shape index (κ2) is 6.43. The van der Waals surface area contributed by atoms with E-state index in [9.17, 15) is 4.79 Å². The SMILES string of the molecule is CC1(C)OB(C(=Cc2ccc(CC(=O)O)nc2)CN)OC1(C)C. The molecule has 0 unspecified atom stereocenters. The molecule has 1 aliphatic heterocycles. The minimum atomic E-state index is -0.902. The molecule has 1 aliphatic rings. The van der Waals surface area contributed by atoms with Crippen LogP contribution in [0.5, 0.6) is 0 Å². The highest BCUT2D eigenvalue weighted by molar-refractivity contribution is 6.55. The molecule has 0 amide bonds. The van der Waals surface area contributed by atoms with Crippen LogP contribution in [0.15, 0.2) is 23.8 Å². The zero-order valence-corrected chi connectivity index (χ0v) is 14.0. The van der Waals surface area contributed by atoms with Crippen LogP contribution in [0.1, 0.15) is 39.0 Å². The van der Waals surface area contributed by atoms with Gasteiger partial charge in [0.2, 0.25) is 0 Å². The number of aromatic nitrogens is 1. The third-order valence-electron chi connectivity index (χ3n) is 4.32. The van der Waals surface area contributed by atoms with E-state index in [2.05, 4.69) is 4.98 Å². The molecule has 0 bridgehead atoms. The molecule has 0 radical (unpaired) electrons. The van der Waals surface area contributed by atoms with E-state index in [0.717, 1.165) is 11.0 Å². The Morgan fingerprint density at radius 3 is 2.35 bits per heavy atom. The maximum Gasteiger partial charge on any atom is 0.491 e. The Labute approximate surface area is 136 Å². The van der Waals surface area contributed by atoms with Gasteiger partial charge >= 0.3 is 13.1 Å². The van der Waals surface area contributed by atoms with E-state index in [-0.39, 0.29) is 6.42 Å². The molecule has 23 heavy (non-hydrogen) atoms. The lowest BCUT2D eigenvalue weighted by atomic mass is 9.77. The van der Waals surface area contributed by atoms with Crippen LogP contribution in [0.25, 0.3) is 6.08 Å². The molecule has 2 rings (SSSR count). The monoisotopic (exact) mass is 318 g/mol. The fourth-order valence-corrected chi connectivity index (χ4v) is 2.21. The van der Waals surface area contributed by atoms with Gasteiger partial charge in [-0.15, -0.1) is 0 Å². The Morgan fingerprint density at radius 2 is 1.91 bits per heavy atom. The summed E-state index contributed by atoms with van der Waals surface area (Å²) in [5.74, 6) is -0.902. The molecule has 1 aromatic rings. The van der Waals surface area contributed by atoms with Crippen molar-refractivity contribution >= 4 is 19.2 Å². The molecule has 3 N–H and O–H groups in total. The zero-order chi connectivity index (χ0) is 17.3. The summed E-state index contributed by atoms with van der Waals surface area (Å²) in [6.07, 6.45) is 3.41. The van der Waals surface area contributed by atoms with E-state index >= 15 is 0 Å². The van der Waals surface area contributed by atoms with Crippen molar-refractivity contribution in [2.75, 3.05) is 6.54 Å². The predicted octanol–water partition coefficient (Wildman–Crippen LogP) is 1.68. The molecule has 6 nitrogen and oxygen atoms in total. The number of nitrogens with zero attached hydrogens (tertiary/aromatic N) is 1. The summed E-state index contributed by atoms with van der Waals surface area (Å²) < 4.78 is 12.0. The summed E-state index contributed by atoms with van der Waals surface area (Å²) in [4.78, 5) is 14.8. The predicted molar refractivity (Wildman–Crippen MR) is 88.7 cm³/mol. The number of hydrogen-bond donors (Lipinski definition) is 2. The average Bonchev–Trinajstić information content (AvgIpc) is 2.66. The Hall–Kier alpha value is -1.70. The number of pyridine rings is 1. The van der Waals surface area contributed by atoms with Gasteiger partial charge in [-0.3, -0.25) is 9.78 Å². The van der Waals surface area contributed by atoms with Gasteiger partial charge in [0, 0.05) is 12.7 Å². The van der Waals surface area contributed by atoms with Gasteiger partial charge in [0.15, 0.2) is 0 Å². The number of hydrogen-bond acceptors (Lipinski definition) is 5. The van der Waals surface area contributed by atoms with Gasteiger partial charge in [-0.2, -0.15) is 0 Å². The Kier molecular flexibility index (Phi) is 4.94. The second-order valence-corrected chi connectivity index (χ2v) is 6.67. The van der Waals surface area contributed by atoms with Crippen LogP contribution in [0.2, 0.25) is 0 Å². The van der Waals surface area contributed by atoms with Gasteiger partial charge in [0.25, 0.3) is 0 Å². The van der Waals surface area contributed by atoms with Crippen LogP contribution in [-0.4, -0.2) is 40.9 Å². The van der Waals surface area contributed by atoms with Crippen LogP contribution >= 0.6 is 0 Å². The van der Waals surface area contributed by atoms with Crippen molar-refractivity contribution in [1.82, 2.24) is 4.98 Å².